The van der Waals surface area contributed by atoms with Crippen molar-refractivity contribution in [2.24, 2.45) is 10.7 Å². The van der Waals surface area contributed by atoms with Crippen LogP contribution in [-0.2, 0) is 0 Å². The van der Waals surface area contributed by atoms with E-state index >= 15 is 0 Å². The molecule has 0 spiro atoms. The Balaban J connectivity index is 1.91. The fourth-order valence-corrected chi connectivity index (χ4v) is 2.17. The van der Waals surface area contributed by atoms with Crippen LogP contribution in [0.1, 0.15) is 38.7 Å². The number of nitrogens with one attached hydrogen (secondary N) is 1. The quantitative estimate of drug-likeness (QED) is 0.631. The maximum Gasteiger partial charge on any atom is 0.189 e. The van der Waals surface area contributed by atoms with Gasteiger partial charge in [-0.15, -0.1) is 0 Å². The zero-order valence-electron chi connectivity index (χ0n) is 11.9. The summed E-state index contributed by atoms with van der Waals surface area (Å²) in [5, 5.41) is 3.12. The lowest BCUT2D eigenvalue weighted by atomic mass is 10.1. The average molecular weight is 261 g/mol. The van der Waals surface area contributed by atoms with Gasteiger partial charge in [-0.2, -0.15) is 0 Å². The molecule has 1 aromatic carbocycles. The fraction of sp³-hybridized carbons (Fsp3) is 0.533. The van der Waals surface area contributed by atoms with Gasteiger partial charge in [-0.3, -0.25) is 0 Å². The number of nitrogens with two attached hydrogens (primary N) is 1. The SMILES string of the molecule is CCOc1ccc([C@@H]2C[C@H]2N=C(N)NC(C)C)cc1. The summed E-state index contributed by atoms with van der Waals surface area (Å²) in [5.41, 5.74) is 7.15. The first-order valence-electron chi connectivity index (χ1n) is 6.92. The Bertz CT molecular complexity index is 439. The number of guanidine groups is 1. The lowest BCUT2D eigenvalue weighted by molar-refractivity contribution is 0.340. The Morgan fingerprint density at radius 1 is 1.42 bits per heavy atom. The molecule has 1 fully saturated rings. The van der Waals surface area contributed by atoms with E-state index in [1.807, 2.05) is 19.1 Å². The molecule has 1 aliphatic rings. The van der Waals surface area contributed by atoms with E-state index in [-0.39, 0.29) is 0 Å². The molecule has 0 saturated heterocycles. The molecule has 0 heterocycles. The highest BCUT2D eigenvalue weighted by atomic mass is 16.5. The third-order valence-corrected chi connectivity index (χ3v) is 3.12. The molecule has 4 nitrogen and oxygen atoms in total. The first kappa shape index (κ1) is 13.7. The Labute approximate surface area is 115 Å². The van der Waals surface area contributed by atoms with E-state index in [0.717, 1.165) is 12.2 Å². The lowest BCUT2D eigenvalue weighted by Crippen LogP contribution is -2.37. The second kappa shape index (κ2) is 5.95. The van der Waals surface area contributed by atoms with Crippen LogP contribution < -0.4 is 15.8 Å². The summed E-state index contributed by atoms with van der Waals surface area (Å²) >= 11 is 0. The predicted octanol–water partition coefficient (Wildman–Crippen LogP) is 2.25. The monoisotopic (exact) mass is 261 g/mol. The number of ether oxygens (including phenoxy) is 1. The standard InChI is InChI=1S/C15H23N3O/c1-4-19-12-7-5-11(6-8-12)13-9-14(13)18-15(16)17-10(2)3/h5-8,10,13-14H,4,9H2,1-3H3,(H3,16,17,18)/t13-,14+/m0/s1. The highest BCUT2D eigenvalue weighted by Gasteiger charge is 2.38. The molecule has 2 rings (SSSR count). The zero-order chi connectivity index (χ0) is 13.8. The van der Waals surface area contributed by atoms with Gasteiger partial charge in [-0.05, 0) is 44.9 Å². The van der Waals surface area contributed by atoms with Crippen molar-refractivity contribution in [3.05, 3.63) is 29.8 Å². The summed E-state index contributed by atoms with van der Waals surface area (Å²) in [7, 11) is 0. The van der Waals surface area contributed by atoms with Crippen LogP contribution in [0.3, 0.4) is 0 Å². The lowest BCUT2D eigenvalue weighted by Gasteiger charge is -2.08. The molecule has 0 amide bonds. The van der Waals surface area contributed by atoms with Crippen LogP contribution in [0.2, 0.25) is 0 Å². The van der Waals surface area contributed by atoms with Gasteiger partial charge < -0.3 is 15.8 Å². The molecule has 4 heteroatoms. The van der Waals surface area contributed by atoms with Crippen molar-refractivity contribution in [1.82, 2.24) is 5.32 Å². The molecule has 0 aromatic heterocycles. The second-order valence-electron chi connectivity index (χ2n) is 5.22. The highest BCUT2D eigenvalue weighted by molar-refractivity contribution is 5.78. The normalized spacial score (nSPS) is 22.4. The minimum atomic E-state index is 0.323. The van der Waals surface area contributed by atoms with E-state index in [1.54, 1.807) is 0 Å². The summed E-state index contributed by atoms with van der Waals surface area (Å²) in [5.74, 6) is 1.98. The van der Waals surface area contributed by atoms with E-state index < -0.39 is 0 Å². The minimum Gasteiger partial charge on any atom is -0.494 e. The van der Waals surface area contributed by atoms with Crippen molar-refractivity contribution in [3.8, 4) is 5.75 Å². The smallest absolute Gasteiger partial charge is 0.189 e. The fourth-order valence-electron chi connectivity index (χ4n) is 2.17. The van der Waals surface area contributed by atoms with E-state index in [4.69, 9.17) is 10.5 Å². The number of hydrogen-bond acceptors (Lipinski definition) is 2. The third kappa shape index (κ3) is 3.88. The average Bonchev–Trinajstić information content (AvgIpc) is 3.08. The Kier molecular flexibility index (Phi) is 4.30. The number of rotatable bonds is 5. The van der Waals surface area contributed by atoms with Crippen molar-refractivity contribution in [2.45, 2.75) is 45.2 Å². The molecule has 0 aliphatic heterocycles. The maximum absolute atomic E-state index is 5.84. The van der Waals surface area contributed by atoms with Gasteiger partial charge in [-0.25, -0.2) is 4.99 Å². The zero-order valence-corrected chi connectivity index (χ0v) is 11.9. The molecule has 104 valence electrons. The van der Waals surface area contributed by atoms with Gasteiger partial charge in [0.2, 0.25) is 0 Å². The highest BCUT2D eigenvalue weighted by Crippen LogP contribution is 2.43. The van der Waals surface area contributed by atoms with Crippen molar-refractivity contribution in [3.63, 3.8) is 0 Å². The largest absolute Gasteiger partial charge is 0.494 e. The Morgan fingerprint density at radius 3 is 2.68 bits per heavy atom. The molecule has 19 heavy (non-hydrogen) atoms. The molecule has 1 aliphatic carbocycles. The van der Waals surface area contributed by atoms with Gasteiger partial charge in [-0.1, -0.05) is 12.1 Å². The predicted molar refractivity (Wildman–Crippen MR) is 78.7 cm³/mol. The molecular weight excluding hydrogens is 238 g/mol. The summed E-state index contributed by atoms with van der Waals surface area (Å²) < 4.78 is 5.44. The van der Waals surface area contributed by atoms with Crippen LogP contribution >= 0.6 is 0 Å². The van der Waals surface area contributed by atoms with Crippen LogP contribution in [0, 0.1) is 0 Å². The van der Waals surface area contributed by atoms with Gasteiger partial charge in [0.25, 0.3) is 0 Å². The van der Waals surface area contributed by atoms with Gasteiger partial charge in [0.05, 0.1) is 12.6 Å². The number of benzene rings is 1. The van der Waals surface area contributed by atoms with Crippen molar-refractivity contribution in [1.29, 1.82) is 0 Å². The van der Waals surface area contributed by atoms with Crippen molar-refractivity contribution in [2.75, 3.05) is 6.61 Å². The summed E-state index contributed by atoms with van der Waals surface area (Å²) in [4.78, 5) is 4.50. The van der Waals surface area contributed by atoms with Gasteiger partial charge in [0.15, 0.2) is 5.96 Å². The van der Waals surface area contributed by atoms with Crippen molar-refractivity contribution < 1.29 is 4.74 Å². The maximum atomic E-state index is 5.84. The third-order valence-electron chi connectivity index (χ3n) is 3.12. The van der Waals surface area contributed by atoms with E-state index in [1.165, 1.54) is 5.56 Å². The number of hydrogen-bond donors (Lipinski definition) is 2. The molecule has 2 atom stereocenters. The van der Waals surface area contributed by atoms with E-state index in [0.29, 0.717) is 30.6 Å². The van der Waals surface area contributed by atoms with Gasteiger partial charge >= 0.3 is 0 Å². The van der Waals surface area contributed by atoms with Gasteiger partial charge in [0, 0.05) is 12.0 Å². The molecule has 0 radical (unpaired) electrons. The summed E-state index contributed by atoms with van der Waals surface area (Å²) in [6.45, 7) is 6.80. The number of nitrogens with zero attached hydrogens (tertiary/aromatic N) is 1. The number of aliphatic imine (C=N–C) groups is 1. The van der Waals surface area contributed by atoms with E-state index in [2.05, 4.69) is 36.3 Å². The first-order chi connectivity index (χ1) is 9.10. The minimum absolute atomic E-state index is 0.323. The van der Waals surface area contributed by atoms with Crippen LogP contribution in [-0.4, -0.2) is 24.7 Å². The molecule has 0 bridgehead atoms. The van der Waals surface area contributed by atoms with Gasteiger partial charge in [0.1, 0.15) is 5.75 Å². The Hall–Kier alpha value is -1.71. The van der Waals surface area contributed by atoms with Crippen molar-refractivity contribution >= 4 is 5.96 Å². The van der Waals surface area contributed by atoms with Crippen LogP contribution in [0.25, 0.3) is 0 Å². The first-order valence-corrected chi connectivity index (χ1v) is 6.92. The van der Waals surface area contributed by atoms with Crippen LogP contribution in [0.4, 0.5) is 0 Å². The summed E-state index contributed by atoms with van der Waals surface area (Å²) in [6.07, 6.45) is 1.08. The van der Waals surface area contributed by atoms with Crippen LogP contribution in [0.15, 0.2) is 29.3 Å². The molecular formula is C15H23N3O. The molecule has 0 unspecified atom stereocenters. The van der Waals surface area contributed by atoms with Crippen LogP contribution in [0.5, 0.6) is 5.75 Å². The Morgan fingerprint density at radius 2 is 2.11 bits per heavy atom. The molecule has 1 aromatic rings. The molecule has 3 N–H and O–H groups in total. The van der Waals surface area contributed by atoms with E-state index in [9.17, 15) is 0 Å². The second-order valence-corrected chi connectivity index (χ2v) is 5.22. The summed E-state index contributed by atoms with van der Waals surface area (Å²) in [6, 6.07) is 8.94. The topological polar surface area (TPSA) is 59.6 Å². The molecule has 1 saturated carbocycles.